The second-order valence-corrected chi connectivity index (χ2v) is 7.02. The first kappa shape index (κ1) is 22.9. The zero-order chi connectivity index (χ0) is 22.9. The van der Waals surface area contributed by atoms with Gasteiger partial charge in [0, 0.05) is 24.3 Å². The van der Waals surface area contributed by atoms with Gasteiger partial charge in [-0.05, 0) is 60.5 Å². The fraction of sp³-hybridized carbons (Fsp3) is 0.222. The second kappa shape index (κ2) is 11.0. The molecule has 2 aromatic carbocycles. The number of pyridine rings is 1. The van der Waals surface area contributed by atoms with Gasteiger partial charge >= 0.3 is 0 Å². The Balaban J connectivity index is 1.88. The van der Waals surface area contributed by atoms with Crippen LogP contribution in [0.15, 0.2) is 54.6 Å². The van der Waals surface area contributed by atoms with Crippen LogP contribution in [0.2, 0.25) is 0 Å². The molecule has 0 saturated carbocycles. The van der Waals surface area contributed by atoms with E-state index in [9.17, 15) is 0 Å². The van der Waals surface area contributed by atoms with E-state index in [2.05, 4.69) is 54.0 Å². The molecule has 0 saturated heterocycles. The van der Waals surface area contributed by atoms with Crippen molar-refractivity contribution in [3.05, 3.63) is 77.1 Å². The Bertz CT molecular complexity index is 1030. The number of methoxy groups -OCH3 is 4. The van der Waals surface area contributed by atoms with Gasteiger partial charge in [0.1, 0.15) is 6.54 Å². The molecule has 0 aliphatic heterocycles. The first-order valence-corrected chi connectivity index (χ1v) is 10.5. The van der Waals surface area contributed by atoms with Gasteiger partial charge in [-0.25, -0.2) is 0 Å². The minimum absolute atomic E-state index is 0.713. The predicted octanol–water partition coefficient (Wildman–Crippen LogP) is 5.37. The summed E-state index contributed by atoms with van der Waals surface area (Å²) in [5, 5.41) is 0. The van der Waals surface area contributed by atoms with E-state index in [0.717, 1.165) is 40.6 Å². The van der Waals surface area contributed by atoms with E-state index >= 15 is 0 Å². The fourth-order valence-electron chi connectivity index (χ4n) is 3.51. The molecule has 5 heteroatoms. The van der Waals surface area contributed by atoms with Crippen LogP contribution in [-0.2, 0) is 6.54 Å². The number of hydrogen-bond donors (Lipinski definition) is 0. The third-order valence-electron chi connectivity index (χ3n) is 5.18. The quantitative estimate of drug-likeness (QED) is 0.426. The van der Waals surface area contributed by atoms with Crippen LogP contribution in [0.25, 0.3) is 24.3 Å². The van der Waals surface area contributed by atoms with Crippen LogP contribution < -0.4 is 23.5 Å². The molecule has 1 heterocycles. The molecule has 0 unspecified atom stereocenters. The highest BCUT2D eigenvalue weighted by molar-refractivity contribution is 5.71. The van der Waals surface area contributed by atoms with E-state index in [1.165, 1.54) is 0 Å². The first-order chi connectivity index (χ1) is 15.6. The zero-order valence-electron chi connectivity index (χ0n) is 19.3. The maximum absolute atomic E-state index is 5.41. The summed E-state index contributed by atoms with van der Waals surface area (Å²) in [6.45, 7) is 2.99. The highest BCUT2D eigenvalue weighted by Crippen LogP contribution is 2.29. The van der Waals surface area contributed by atoms with Crippen LogP contribution in [0.4, 0.5) is 0 Å². The summed E-state index contributed by atoms with van der Waals surface area (Å²) in [4.78, 5) is 0. The maximum Gasteiger partial charge on any atom is 0.205 e. The Kier molecular flexibility index (Phi) is 7.92. The molecule has 0 fully saturated rings. The third kappa shape index (κ3) is 5.30. The molecule has 0 spiro atoms. The van der Waals surface area contributed by atoms with Gasteiger partial charge in [-0.2, -0.15) is 4.57 Å². The monoisotopic (exact) mass is 432 g/mol. The molecule has 166 valence electrons. The van der Waals surface area contributed by atoms with Crippen molar-refractivity contribution in [1.29, 1.82) is 0 Å². The highest BCUT2D eigenvalue weighted by Gasteiger charge is 2.11. The van der Waals surface area contributed by atoms with Gasteiger partial charge in [-0.3, -0.25) is 0 Å². The van der Waals surface area contributed by atoms with Crippen LogP contribution >= 0.6 is 0 Å². The lowest BCUT2D eigenvalue weighted by molar-refractivity contribution is -0.696. The minimum atomic E-state index is 0.713. The second-order valence-electron chi connectivity index (χ2n) is 7.02. The molecular weight excluding hydrogens is 402 g/mol. The number of hydrogen-bond acceptors (Lipinski definition) is 4. The summed E-state index contributed by atoms with van der Waals surface area (Å²) in [6, 6.07) is 18.0. The number of aromatic nitrogens is 1. The average molecular weight is 433 g/mol. The van der Waals surface area contributed by atoms with E-state index in [1.54, 1.807) is 28.4 Å². The largest absolute Gasteiger partial charge is 0.493 e. The van der Waals surface area contributed by atoms with Gasteiger partial charge in [0.25, 0.3) is 0 Å². The number of ether oxygens (including phenoxy) is 4. The summed E-state index contributed by atoms with van der Waals surface area (Å²) >= 11 is 0. The molecule has 0 aliphatic rings. The van der Waals surface area contributed by atoms with Crippen molar-refractivity contribution in [1.82, 2.24) is 0 Å². The van der Waals surface area contributed by atoms with E-state index in [0.29, 0.717) is 11.5 Å². The Hall–Kier alpha value is -3.73. The molecule has 5 nitrogen and oxygen atoms in total. The Morgan fingerprint density at radius 1 is 0.594 bits per heavy atom. The molecule has 3 rings (SSSR count). The smallest absolute Gasteiger partial charge is 0.205 e. The first-order valence-electron chi connectivity index (χ1n) is 10.5. The van der Waals surface area contributed by atoms with E-state index in [4.69, 9.17) is 18.9 Å². The Labute approximate surface area is 190 Å². The summed E-state index contributed by atoms with van der Waals surface area (Å²) in [5.41, 5.74) is 4.29. The molecule has 0 bridgehead atoms. The van der Waals surface area contributed by atoms with Gasteiger partial charge in [0.2, 0.25) is 11.4 Å². The van der Waals surface area contributed by atoms with Gasteiger partial charge in [0.05, 0.1) is 28.4 Å². The van der Waals surface area contributed by atoms with Crippen LogP contribution in [0.3, 0.4) is 0 Å². The molecular formula is C27H30NO4+. The van der Waals surface area contributed by atoms with E-state index in [1.807, 2.05) is 36.4 Å². The third-order valence-corrected chi connectivity index (χ3v) is 5.18. The van der Waals surface area contributed by atoms with Crippen molar-refractivity contribution >= 4 is 24.3 Å². The molecule has 0 N–H and O–H groups in total. The van der Waals surface area contributed by atoms with Crippen molar-refractivity contribution in [2.24, 2.45) is 0 Å². The fourth-order valence-corrected chi connectivity index (χ4v) is 3.51. The van der Waals surface area contributed by atoms with Gasteiger partial charge in [0.15, 0.2) is 23.0 Å². The van der Waals surface area contributed by atoms with Crippen molar-refractivity contribution in [2.75, 3.05) is 28.4 Å². The molecule has 0 radical (unpaired) electrons. The molecule has 0 aliphatic carbocycles. The average Bonchev–Trinajstić information content (AvgIpc) is 2.85. The topological polar surface area (TPSA) is 40.8 Å². The predicted molar refractivity (Wildman–Crippen MR) is 129 cm³/mol. The van der Waals surface area contributed by atoms with Gasteiger partial charge < -0.3 is 18.9 Å². The van der Waals surface area contributed by atoms with Gasteiger partial charge in [-0.15, -0.1) is 0 Å². The summed E-state index contributed by atoms with van der Waals surface area (Å²) < 4.78 is 23.7. The number of nitrogens with zero attached hydrogens (tertiary/aromatic N) is 1. The lowest BCUT2D eigenvalue weighted by Gasteiger charge is -2.08. The minimum Gasteiger partial charge on any atom is -0.493 e. The maximum atomic E-state index is 5.41. The summed E-state index contributed by atoms with van der Waals surface area (Å²) in [5.74, 6) is 2.86. The van der Waals surface area contributed by atoms with Gasteiger partial charge in [-0.1, -0.05) is 12.1 Å². The molecule has 0 amide bonds. The van der Waals surface area contributed by atoms with E-state index in [-0.39, 0.29) is 0 Å². The standard InChI is InChI=1S/C27H30NO4/c1-6-28-22(14-10-20-12-16-24(29-2)26(18-20)31-4)8-7-9-23(28)15-11-21-13-17-25(30-3)27(19-21)32-5/h7-19H,6H2,1-5H3/q+1/b14-10+,15-11+. The summed E-state index contributed by atoms with van der Waals surface area (Å²) in [7, 11) is 6.56. The zero-order valence-corrected chi connectivity index (χ0v) is 19.3. The van der Waals surface area contributed by atoms with Crippen LogP contribution in [0, 0.1) is 0 Å². The SMILES string of the molecule is CC[n+]1c(/C=C/c2ccc(OC)c(OC)c2)cccc1/C=C/c1ccc(OC)c(OC)c1. The van der Waals surface area contributed by atoms with E-state index < -0.39 is 0 Å². The van der Waals surface area contributed by atoms with Crippen molar-refractivity contribution in [3.63, 3.8) is 0 Å². The normalized spacial score (nSPS) is 11.2. The molecule has 1 aromatic heterocycles. The number of rotatable bonds is 9. The van der Waals surface area contributed by atoms with Crippen molar-refractivity contribution < 1.29 is 23.5 Å². The van der Waals surface area contributed by atoms with Crippen LogP contribution in [0.5, 0.6) is 23.0 Å². The molecule has 0 atom stereocenters. The lowest BCUT2D eigenvalue weighted by Crippen LogP contribution is -2.38. The lowest BCUT2D eigenvalue weighted by atomic mass is 10.1. The Morgan fingerprint density at radius 3 is 1.41 bits per heavy atom. The van der Waals surface area contributed by atoms with Crippen LogP contribution in [-0.4, -0.2) is 28.4 Å². The Morgan fingerprint density at radius 2 is 1.03 bits per heavy atom. The summed E-state index contributed by atoms with van der Waals surface area (Å²) in [6.07, 6.45) is 8.37. The number of benzene rings is 2. The van der Waals surface area contributed by atoms with Crippen molar-refractivity contribution in [3.8, 4) is 23.0 Å². The molecule has 32 heavy (non-hydrogen) atoms. The highest BCUT2D eigenvalue weighted by atomic mass is 16.5. The van der Waals surface area contributed by atoms with Crippen LogP contribution in [0.1, 0.15) is 29.4 Å². The molecule has 3 aromatic rings. The van der Waals surface area contributed by atoms with Crippen molar-refractivity contribution in [2.45, 2.75) is 13.5 Å².